The number of benzene rings is 1. The number of nitrogens with one attached hydrogen (secondary N) is 3. The van der Waals surface area contributed by atoms with Crippen molar-refractivity contribution in [2.24, 2.45) is 0 Å². The van der Waals surface area contributed by atoms with Crippen molar-refractivity contribution in [1.82, 2.24) is 21.2 Å². The summed E-state index contributed by atoms with van der Waals surface area (Å²) >= 11 is 7.11. The number of rotatable bonds is 5. The number of amides is 2. The maximum atomic E-state index is 12.4. The van der Waals surface area contributed by atoms with Gasteiger partial charge in [-0.25, -0.2) is 0 Å². The number of carbonyl (C=O) groups excluding carboxylic acids is 2. The van der Waals surface area contributed by atoms with Crippen molar-refractivity contribution >= 4 is 40.4 Å². The minimum Gasteiger partial charge on any atom is -0.346 e. The molecule has 3 heterocycles. The van der Waals surface area contributed by atoms with E-state index in [4.69, 9.17) is 11.6 Å². The van der Waals surface area contributed by atoms with E-state index >= 15 is 0 Å². The Morgan fingerprint density at radius 1 is 1.11 bits per heavy atom. The molecule has 7 nitrogen and oxygen atoms in total. The molecular formula is C19H20ClN5O2S. The first-order valence-electron chi connectivity index (χ1n) is 9.04. The van der Waals surface area contributed by atoms with E-state index in [2.05, 4.69) is 16.3 Å². The molecule has 0 unspecified atom stereocenters. The molecule has 2 aromatic rings. The maximum absolute atomic E-state index is 12.4. The molecule has 1 fully saturated rings. The molecule has 1 saturated heterocycles. The summed E-state index contributed by atoms with van der Waals surface area (Å²) in [5, 5.41) is 4.65. The van der Waals surface area contributed by atoms with Crippen LogP contribution < -0.4 is 21.3 Å². The Hall–Kier alpha value is -2.55. The molecule has 0 atom stereocenters. The van der Waals surface area contributed by atoms with Crippen LogP contribution in [0.4, 0.5) is 5.69 Å². The molecule has 0 bridgehead atoms. The number of anilines is 1. The van der Waals surface area contributed by atoms with Gasteiger partial charge in [0.2, 0.25) is 0 Å². The summed E-state index contributed by atoms with van der Waals surface area (Å²) < 4.78 is 0.586. The highest BCUT2D eigenvalue weighted by molar-refractivity contribution is 7.18. The zero-order chi connectivity index (χ0) is 19.5. The molecule has 0 radical (unpaired) electrons. The molecule has 0 aliphatic carbocycles. The summed E-state index contributed by atoms with van der Waals surface area (Å²) in [6.45, 7) is 2.03. The van der Waals surface area contributed by atoms with Crippen LogP contribution in [0, 0.1) is 0 Å². The molecule has 2 aliphatic rings. The van der Waals surface area contributed by atoms with Crippen molar-refractivity contribution < 1.29 is 9.59 Å². The first-order valence-corrected chi connectivity index (χ1v) is 10.2. The minimum absolute atomic E-state index is 0.0872. The summed E-state index contributed by atoms with van der Waals surface area (Å²) in [5.74, 6) is -0.0768. The zero-order valence-corrected chi connectivity index (χ0v) is 16.6. The first-order chi connectivity index (χ1) is 13.6. The summed E-state index contributed by atoms with van der Waals surface area (Å²) in [6.07, 6.45) is 4.02. The molecule has 4 rings (SSSR count). The first kappa shape index (κ1) is 18.8. The lowest BCUT2D eigenvalue weighted by molar-refractivity contribution is 0.0792. The molecule has 9 heteroatoms. The number of hydrogen-bond acceptors (Lipinski definition) is 6. The van der Waals surface area contributed by atoms with Gasteiger partial charge in [-0.15, -0.1) is 16.9 Å². The summed E-state index contributed by atoms with van der Waals surface area (Å²) in [4.78, 5) is 27.0. The van der Waals surface area contributed by atoms with Crippen molar-refractivity contribution in [2.45, 2.75) is 12.8 Å². The molecule has 28 heavy (non-hydrogen) atoms. The van der Waals surface area contributed by atoms with Crippen LogP contribution >= 0.6 is 22.9 Å². The van der Waals surface area contributed by atoms with E-state index in [1.807, 2.05) is 35.4 Å². The number of carbonyl (C=O) groups is 2. The fraction of sp³-hybridized carbons (Fsp3) is 0.263. The highest BCUT2D eigenvalue weighted by atomic mass is 35.5. The smallest absolute Gasteiger partial charge is 0.261 e. The Balaban J connectivity index is 1.34. The Labute approximate surface area is 171 Å². The fourth-order valence-corrected chi connectivity index (χ4v) is 4.11. The van der Waals surface area contributed by atoms with Crippen molar-refractivity contribution in [3.8, 4) is 0 Å². The standard InChI is InChI=1S/C19H20ClN5O2S/c20-17-8-7-16(28-17)18(26)21-11-14-12-25(23-22-14)15-5-3-13(4-6-15)19(27)24-9-1-2-10-24/h3-8,12,22-23H,1-2,9-11H2,(H,21,26). The summed E-state index contributed by atoms with van der Waals surface area (Å²) in [7, 11) is 0. The van der Waals surface area contributed by atoms with E-state index in [0.29, 0.717) is 21.3 Å². The third-order valence-corrected chi connectivity index (χ3v) is 5.87. The van der Waals surface area contributed by atoms with Crippen LogP contribution in [0.15, 0.2) is 48.3 Å². The Morgan fingerprint density at radius 2 is 1.86 bits per heavy atom. The second-order valence-electron chi connectivity index (χ2n) is 6.59. The molecule has 0 spiro atoms. The highest BCUT2D eigenvalue weighted by Crippen LogP contribution is 2.21. The fourth-order valence-electron chi connectivity index (χ4n) is 3.15. The lowest BCUT2D eigenvalue weighted by atomic mass is 10.2. The predicted octanol–water partition coefficient (Wildman–Crippen LogP) is 2.74. The van der Waals surface area contributed by atoms with Gasteiger partial charge in [-0.05, 0) is 49.2 Å². The van der Waals surface area contributed by atoms with Gasteiger partial charge in [-0.3, -0.25) is 14.6 Å². The summed E-state index contributed by atoms with van der Waals surface area (Å²) in [6, 6.07) is 10.9. The normalized spacial score (nSPS) is 16.1. The van der Waals surface area contributed by atoms with Gasteiger partial charge in [0.15, 0.2) is 0 Å². The number of thiophene rings is 1. The molecule has 146 valence electrons. The summed E-state index contributed by atoms with van der Waals surface area (Å²) in [5.41, 5.74) is 8.44. The zero-order valence-electron chi connectivity index (χ0n) is 15.1. The van der Waals surface area contributed by atoms with Crippen LogP contribution in [0.1, 0.15) is 32.9 Å². The van der Waals surface area contributed by atoms with Crippen LogP contribution in [0.2, 0.25) is 4.34 Å². The van der Waals surface area contributed by atoms with Gasteiger partial charge in [0.1, 0.15) is 0 Å². The maximum Gasteiger partial charge on any atom is 0.261 e. The number of hydrogen-bond donors (Lipinski definition) is 3. The number of likely N-dealkylation sites (tertiary alicyclic amines) is 1. The van der Waals surface area contributed by atoms with Crippen molar-refractivity contribution in [3.05, 3.63) is 63.1 Å². The lowest BCUT2D eigenvalue weighted by Gasteiger charge is -2.17. The van der Waals surface area contributed by atoms with Gasteiger partial charge >= 0.3 is 0 Å². The third kappa shape index (κ3) is 4.14. The minimum atomic E-state index is -0.164. The van der Waals surface area contributed by atoms with Crippen LogP contribution in [0.5, 0.6) is 0 Å². The molecule has 2 aliphatic heterocycles. The quantitative estimate of drug-likeness (QED) is 0.697. The number of halogens is 1. The average Bonchev–Trinajstić information content (AvgIpc) is 3.47. The average molecular weight is 418 g/mol. The monoisotopic (exact) mass is 417 g/mol. The van der Waals surface area contributed by atoms with Gasteiger partial charge < -0.3 is 15.6 Å². The third-order valence-electron chi connectivity index (χ3n) is 4.64. The Morgan fingerprint density at radius 3 is 2.54 bits per heavy atom. The molecule has 1 aromatic heterocycles. The van der Waals surface area contributed by atoms with Gasteiger partial charge in [0.05, 0.1) is 27.1 Å². The second kappa shape index (κ2) is 8.22. The van der Waals surface area contributed by atoms with Crippen LogP contribution in [-0.2, 0) is 0 Å². The predicted molar refractivity (Wildman–Crippen MR) is 110 cm³/mol. The molecule has 1 aromatic carbocycles. The van der Waals surface area contributed by atoms with Crippen LogP contribution in [0.25, 0.3) is 0 Å². The molecule has 3 N–H and O–H groups in total. The van der Waals surface area contributed by atoms with E-state index in [-0.39, 0.29) is 11.8 Å². The number of hydrazine groups is 2. The topological polar surface area (TPSA) is 76.7 Å². The van der Waals surface area contributed by atoms with Gasteiger partial charge in [-0.1, -0.05) is 11.6 Å². The Kier molecular flexibility index (Phi) is 5.52. The SMILES string of the molecule is O=C(NCC1=CN(c2ccc(C(=O)N3CCCC3)cc2)NN1)c1ccc(Cl)s1. The van der Waals surface area contributed by atoms with E-state index in [1.54, 1.807) is 17.1 Å². The van der Waals surface area contributed by atoms with E-state index in [0.717, 1.165) is 37.3 Å². The van der Waals surface area contributed by atoms with Gasteiger partial charge in [0.25, 0.3) is 11.8 Å². The highest BCUT2D eigenvalue weighted by Gasteiger charge is 2.20. The van der Waals surface area contributed by atoms with Gasteiger partial charge in [-0.2, -0.15) is 0 Å². The molecular weight excluding hydrogens is 398 g/mol. The van der Waals surface area contributed by atoms with Crippen molar-refractivity contribution in [2.75, 3.05) is 24.6 Å². The second-order valence-corrected chi connectivity index (χ2v) is 8.31. The number of nitrogens with zero attached hydrogens (tertiary/aromatic N) is 2. The van der Waals surface area contributed by atoms with E-state index in [1.165, 1.54) is 11.3 Å². The van der Waals surface area contributed by atoms with Crippen molar-refractivity contribution in [3.63, 3.8) is 0 Å². The molecule has 2 amide bonds. The van der Waals surface area contributed by atoms with Gasteiger partial charge in [0, 0.05) is 24.9 Å². The van der Waals surface area contributed by atoms with E-state index < -0.39 is 0 Å². The molecule has 0 saturated carbocycles. The van der Waals surface area contributed by atoms with Crippen LogP contribution in [-0.4, -0.2) is 36.3 Å². The Bertz CT molecular complexity index is 905. The lowest BCUT2D eigenvalue weighted by Crippen LogP contribution is -2.38. The van der Waals surface area contributed by atoms with Crippen molar-refractivity contribution in [1.29, 1.82) is 0 Å². The van der Waals surface area contributed by atoms with E-state index in [9.17, 15) is 9.59 Å². The van der Waals surface area contributed by atoms with Crippen LogP contribution in [0.3, 0.4) is 0 Å². The largest absolute Gasteiger partial charge is 0.346 e.